The average Bonchev–Trinajstić information content (AvgIpc) is 2.30. The van der Waals surface area contributed by atoms with Gasteiger partial charge in [-0.05, 0) is 12.5 Å². The number of rotatable bonds is 4. The SMILES string of the molecule is COc1cc(O)c(Cl)c(C(C)CN)c1OC. The van der Waals surface area contributed by atoms with E-state index in [0.717, 1.165) is 0 Å². The van der Waals surface area contributed by atoms with Gasteiger partial charge in [-0.15, -0.1) is 0 Å². The van der Waals surface area contributed by atoms with Crippen LogP contribution in [0.3, 0.4) is 0 Å². The maximum absolute atomic E-state index is 9.67. The number of halogens is 1. The van der Waals surface area contributed by atoms with Gasteiger partial charge < -0.3 is 20.3 Å². The van der Waals surface area contributed by atoms with Gasteiger partial charge in [0.2, 0.25) is 0 Å². The highest BCUT2D eigenvalue weighted by atomic mass is 35.5. The molecule has 0 saturated carbocycles. The molecule has 1 atom stereocenters. The summed E-state index contributed by atoms with van der Waals surface area (Å²) in [6.45, 7) is 2.31. The van der Waals surface area contributed by atoms with Gasteiger partial charge in [-0.25, -0.2) is 0 Å². The van der Waals surface area contributed by atoms with Crippen LogP contribution in [0.25, 0.3) is 0 Å². The maximum Gasteiger partial charge on any atom is 0.165 e. The van der Waals surface area contributed by atoms with Gasteiger partial charge >= 0.3 is 0 Å². The lowest BCUT2D eigenvalue weighted by Crippen LogP contribution is -2.11. The standard InChI is InChI=1S/C11H16ClNO3/c1-6(5-13)9-10(12)7(14)4-8(15-2)11(9)16-3/h4,6,14H,5,13H2,1-3H3. The molecule has 5 heteroatoms. The lowest BCUT2D eigenvalue weighted by molar-refractivity contribution is 0.346. The first kappa shape index (κ1) is 12.9. The van der Waals surface area contributed by atoms with E-state index in [4.69, 9.17) is 26.8 Å². The van der Waals surface area contributed by atoms with Crippen LogP contribution in [0.5, 0.6) is 17.2 Å². The summed E-state index contributed by atoms with van der Waals surface area (Å²) in [6, 6.07) is 1.42. The van der Waals surface area contributed by atoms with Crippen molar-refractivity contribution in [1.29, 1.82) is 0 Å². The summed E-state index contributed by atoms with van der Waals surface area (Å²) < 4.78 is 10.4. The van der Waals surface area contributed by atoms with Crippen LogP contribution < -0.4 is 15.2 Å². The maximum atomic E-state index is 9.67. The minimum Gasteiger partial charge on any atom is -0.506 e. The number of phenols is 1. The summed E-state index contributed by atoms with van der Waals surface area (Å²) in [5, 5.41) is 9.93. The molecular weight excluding hydrogens is 230 g/mol. The molecule has 0 aliphatic heterocycles. The molecule has 0 heterocycles. The summed E-state index contributed by atoms with van der Waals surface area (Å²) in [5.74, 6) is 0.904. The molecule has 0 aliphatic carbocycles. The molecule has 0 radical (unpaired) electrons. The van der Waals surface area contributed by atoms with Crippen LogP contribution in [0.1, 0.15) is 18.4 Å². The van der Waals surface area contributed by atoms with E-state index in [-0.39, 0.29) is 16.7 Å². The predicted molar refractivity (Wildman–Crippen MR) is 63.7 cm³/mol. The molecule has 16 heavy (non-hydrogen) atoms. The van der Waals surface area contributed by atoms with E-state index in [2.05, 4.69) is 0 Å². The molecule has 0 bridgehead atoms. The van der Waals surface area contributed by atoms with E-state index >= 15 is 0 Å². The average molecular weight is 246 g/mol. The normalized spacial score (nSPS) is 12.3. The summed E-state index contributed by atoms with van der Waals surface area (Å²) in [4.78, 5) is 0. The predicted octanol–water partition coefficient (Wildman–Crippen LogP) is 2.12. The first-order chi connectivity index (χ1) is 7.56. The Bertz CT molecular complexity index is 382. The number of benzene rings is 1. The summed E-state index contributed by atoms with van der Waals surface area (Å²) >= 11 is 6.04. The van der Waals surface area contributed by atoms with Gasteiger partial charge in [0.05, 0.1) is 19.2 Å². The van der Waals surface area contributed by atoms with Crippen molar-refractivity contribution in [1.82, 2.24) is 0 Å². The molecule has 1 aromatic carbocycles. The number of hydrogen-bond acceptors (Lipinski definition) is 4. The number of aromatic hydroxyl groups is 1. The van der Waals surface area contributed by atoms with Crippen LogP contribution in [-0.4, -0.2) is 25.9 Å². The van der Waals surface area contributed by atoms with Crippen LogP contribution in [0.2, 0.25) is 5.02 Å². The van der Waals surface area contributed by atoms with Crippen LogP contribution in [0, 0.1) is 0 Å². The second-order valence-corrected chi connectivity index (χ2v) is 3.87. The zero-order chi connectivity index (χ0) is 12.3. The third-order valence-corrected chi connectivity index (χ3v) is 2.87. The zero-order valence-electron chi connectivity index (χ0n) is 9.58. The molecule has 0 aliphatic rings. The second kappa shape index (κ2) is 5.27. The first-order valence-corrected chi connectivity index (χ1v) is 5.28. The minimum absolute atomic E-state index is 0.0246. The highest BCUT2D eigenvalue weighted by molar-refractivity contribution is 6.33. The smallest absolute Gasteiger partial charge is 0.165 e. The van der Waals surface area contributed by atoms with Gasteiger partial charge in [-0.2, -0.15) is 0 Å². The third kappa shape index (κ3) is 2.18. The Morgan fingerprint density at radius 1 is 1.44 bits per heavy atom. The van der Waals surface area contributed by atoms with Gasteiger partial charge in [-0.3, -0.25) is 0 Å². The molecule has 0 aromatic heterocycles. The molecular formula is C11H16ClNO3. The minimum atomic E-state index is -0.0328. The van der Waals surface area contributed by atoms with E-state index in [9.17, 15) is 5.11 Å². The summed E-state index contributed by atoms with van der Waals surface area (Å²) in [5.41, 5.74) is 6.27. The van der Waals surface area contributed by atoms with Gasteiger partial charge in [0.1, 0.15) is 5.75 Å². The van der Waals surface area contributed by atoms with Crippen LogP contribution >= 0.6 is 11.6 Å². The van der Waals surface area contributed by atoms with Crippen molar-refractivity contribution in [3.05, 3.63) is 16.7 Å². The molecule has 3 N–H and O–H groups in total. The fourth-order valence-corrected chi connectivity index (χ4v) is 1.87. The first-order valence-electron chi connectivity index (χ1n) is 4.90. The number of phenolic OH excluding ortho intramolecular Hbond substituents is 1. The summed E-state index contributed by atoms with van der Waals surface area (Å²) in [7, 11) is 3.03. The Balaban J connectivity index is 3.46. The Morgan fingerprint density at radius 3 is 2.50 bits per heavy atom. The lowest BCUT2D eigenvalue weighted by Gasteiger charge is -2.19. The van der Waals surface area contributed by atoms with Crippen molar-refractivity contribution >= 4 is 11.6 Å². The molecule has 90 valence electrons. The van der Waals surface area contributed by atoms with Gasteiger partial charge in [-0.1, -0.05) is 18.5 Å². The van der Waals surface area contributed by atoms with Crippen molar-refractivity contribution in [3.63, 3.8) is 0 Å². The Kier molecular flexibility index (Phi) is 4.26. The van der Waals surface area contributed by atoms with Crippen LogP contribution in [-0.2, 0) is 0 Å². The number of methoxy groups -OCH3 is 2. The van der Waals surface area contributed by atoms with Gasteiger partial charge in [0, 0.05) is 11.6 Å². The molecule has 0 amide bonds. The highest BCUT2D eigenvalue weighted by Crippen LogP contribution is 2.45. The lowest BCUT2D eigenvalue weighted by atomic mass is 9.99. The van der Waals surface area contributed by atoms with Crippen LogP contribution in [0.15, 0.2) is 6.07 Å². The van der Waals surface area contributed by atoms with E-state index in [1.165, 1.54) is 20.3 Å². The molecule has 0 fully saturated rings. The molecule has 1 aromatic rings. The summed E-state index contributed by atoms with van der Waals surface area (Å²) in [6.07, 6.45) is 0. The fraction of sp³-hybridized carbons (Fsp3) is 0.455. The topological polar surface area (TPSA) is 64.7 Å². The van der Waals surface area contributed by atoms with Crippen molar-refractivity contribution in [2.45, 2.75) is 12.8 Å². The molecule has 1 rings (SSSR count). The van der Waals surface area contributed by atoms with E-state index in [1.807, 2.05) is 6.92 Å². The Morgan fingerprint density at radius 2 is 2.06 bits per heavy atom. The van der Waals surface area contributed by atoms with E-state index in [1.54, 1.807) is 0 Å². The van der Waals surface area contributed by atoms with E-state index < -0.39 is 0 Å². The van der Waals surface area contributed by atoms with Gasteiger partial charge in [0.15, 0.2) is 11.5 Å². The molecule has 1 unspecified atom stereocenters. The van der Waals surface area contributed by atoms with Crippen molar-refractivity contribution in [2.24, 2.45) is 5.73 Å². The van der Waals surface area contributed by atoms with E-state index in [0.29, 0.717) is 23.6 Å². The quantitative estimate of drug-likeness (QED) is 0.853. The second-order valence-electron chi connectivity index (χ2n) is 3.50. The number of nitrogens with two attached hydrogens (primary N) is 1. The van der Waals surface area contributed by atoms with Gasteiger partial charge in [0.25, 0.3) is 0 Å². The van der Waals surface area contributed by atoms with Crippen LogP contribution in [0.4, 0.5) is 0 Å². The monoisotopic (exact) mass is 245 g/mol. The molecule has 0 spiro atoms. The largest absolute Gasteiger partial charge is 0.506 e. The fourth-order valence-electron chi connectivity index (χ4n) is 1.54. The molecule has 0 saturated heterocycles. The van der Waals surface area contributed by atoms with Crippen molar-refractivity contribution in [3.8, 4) is 17.2 Å². The Hall–Kier alpha value is -1.13. The highest BCUT2D eigenvalue weighted by Gasteiger charge is 2.21. The number of hydrogen-bond donors (Lipinski definition) is 2. The molecule has 4 nitrogen and oxygen atoms in total. The van der Waals surface area contributed by atoms with Crippen molar-refractivity contribution in [2.75, 3.05) is 20.8 Å². The third-order valence-electron chi connectivity index (χ3n) is 2.47. The number of ether oxygens (including phenoxy) is 2. The zero-order valence-corrected chi connectivity index (χ0v) is 10.3. The van der Waals surface area contributed by atoms with Crippen molar-refractivity contribution < 1.29 is 14.6 Å². The Labute approximate surface area is 99.9 Å².